The van der Waals surface area contributed by atoms with Crippen molar-refractivity contribution in [1.29, 1.82) is 0 Å². The highest BCUT2D eigenvalue weighted by Crippen LogP contribution is 2.25. The molecular weight excluding hydrogens is 350 g/mol. The maximum absolute atomic E-state index is 12.6. The van der Waals surface area contributed by atoms with E-state index < -0.39 is 0 Å². The SMILES string of the molecule is COc1ccc2cc(C(=O)NCCc3cn(C(C)C)c4ccccc34)[nH]c2c1. The molecule has 2 N–H and O–H groups in total. The number of methoxy groups -OCH3 is 1. The number of aromatic amines is 1. The van der Waals surface area contributed by atoms with Gasteiger partial charge in [0.05, 0.1) is 7.11 Å². The number of carbonyl (C=O) groups is 1. The van der Waals surface area contributed by atoms with E-state index in [1.165, 1.54) is 16.5 Å². The van der Waals surface area contributed by atoms with Crippen molar-refractivity contribution in [2.45, 2.75) is 26.3 Å². The number of aromatic nitrogens is 2. The van der Waals surface area contributed by atoms with Gasteiger partial charge in [0.1, 0.15) is 11.4 Å². The van der Waals surface area contributed by atoms with E-state index >= 15 is 0 Å². The van der Waals surface area contributed by atoms with E-state index in [1.54, 1.807) is 7.11 Å². The van der Waals surface area contributed by atoms with Gasteiger partial charge in [-0.1, -0.05) is 18.2 Å². The van der Waals surface area contributed by atoms with Gasteiger partial charge in [0.2, 0.25) is 0 Å². The summed E-state index contributed by atoms with van der Waals surface area (Å²) in [4.78, 5) is 15.7. The smallest absolute Gasteiger partial charge is 0.267 e. The molecule has 2 aromatic carbocycles. The number of para-hydroxylation sites is 1. The van der Waals surface area contributed by atoms with E-state index in [0.717, 1.165) is 23.1 Å². The van der Waals surface area contributed by atoms with Gasteiger partial charge in [-0.25, -0.2) is 0 Å². The second-order valence-electron chi connectivity index (χ2n) is 7.31. The first-order valence-corrected chi connectivity index (χ1v) is 9.60. The number of rotatable bonds is 6. The molecule has 2 aromatic heterocycles. The summed E-state index contributed by atoms with van der Waals surface area (Å²) in [7, 11) is 1.63. The van der Waals surface area contributed by atoms with E-state index in [9.17, 15) is 4.79 Å². The Bertz CT molecular complexity index is 1140. The molecule has 0 unspecified atom stereocenters. The zero-order valence-electron chi connectivity index (χ0n) is 16.5. The predicted molar refractivity (Wildman–Crippen MR) is 113 cm³/mol. The van der Waals surface area contributed by atoms with Crippen LogP contribution in [-0.2, 0) is 6.42 Å². The van der Waals surface area contributed by atoms with Crippen LogP contribution < -0.4 is 10.1 Å². The zero-order chi connectivity index (χ0) is 19.7. The maximum atomic E-state index is 12.6. The van der Waals surface area contributed by atoms with Gasteiger partial charge in [-0.2, -0.15) is 0 Å². The molecule has 0 saturated carbocycles. The molecule has 28 heavy (non-hydrogen) atoms. The summed E-state index contributed by atoms with van der Waals surface area (Å²) < 4.78 is 7.53. The molecule has 0 fully saturated rings. The maximum Gasteiger partial charge on any atom is 0.267 e. The molecular formula is C23H25N3O2. The van der Waals surface area contributed by atoms with Gasteiger partial charge < -0.3 is 19.6 Å². The highest BCUT2D eigenvalue weighted by atomic mass is 16.5. The van der Waals surface area contributed by atoms with Crippen molar-refractivity contribution in [3.05, 3.63) is 66.0 Å². The van der Waals surface area contributed by atoms with E-state index in [-0.39, 0.29) is 5.91 Å². The first-order chi connectivity index (χ1) is 13.6. The topological polar surface area (TPSA) is 59.0 Å². The van der Waals surface area contributed by atoms with Crippen molar-refractivity contribution in [3.63, 3.8) is 0 Å². The summed E-state index contributed by atoms with van der Waals surface area (Å²) in [5, 5.41) is 5.27. The number of carbonyl (C=O) groups excluding carboxylic acids is 1. The molecule has 4 aromatic rings. The molecule has 0 bridgehead atoms. The zero-order valence-corrected chi connectivity index (χ0v) is 16.5. The standard InChI is InChI=1S/C23H25N3O2/c1-15(2)26-14-17(19-6-4-5-7-22(19)26)10-11-24-23(27)21-12-16-8-9-18(28-3)13-20(16)25-21/h4-9,12-15,25H,10-11H2,1-3H3,(H,24,27). The Morgan fingerprint density at radius 1 is 1.18 bits per heavy atom. The van der Waals surface area contributed by atoms with Crippen LogP contribution in [0.5, 0.6) is 5.75 Å². The number of hydrogen-bond acceptors (Lipinski definition) is 2. The third kappa shape index (κ3) is 3.36. The lowest BCUT2D eigenvalue weighted by Gasteiger charge is -2.08. The monoisotopic (exact) mass is 375 g/mol. The fraction of sp³-hybridized carbons (Fsp3) is 0.261. The lowest BCUT2D eigenvalue weighted by atomic mass is 10.1. The number of ether oxygens (including phenoxy) is 1. The van der Waals surface area contributed by atoms with Gasteiger partial charge in [0, 0.05) is 46.7 Å². The number of nitrogens with zero attached hydrogens (tertiary/aromatic N) is 1. The molecule has 4 rings (SSSR count). The number of benzene rings is 2. The van der Waals surface area contributed by atoms with Crippen LogP contribution in [0.25, 0.3) is 21.8 Å². The Kier molecular flexibility index (Phi) is 4.82. The van der Waals surface area contributed by atoms with Crippen molar-refractivity contribution in [2.75, 3.05) is 13.7 Å². The summed E-state index contributed by atoms with van der Waals surface area (Å²) in [6, 6.07) is 16.4. The van der Waals surface area contributed by atoms with Crippen LogP contribution in [0.2, 0.25) is 0 Å². The number of H-pyrrole nitrogens is 1. The largest absolute Gasteiger partial charge is 0.497 e. The summed E-state index contributed by atoms with van der Waals surface area (Å²) in [6.07, 6.45) is 3.00. The molecule has 0 aliphatic heterocycles. The summed E-state index contributed by atoms with van der Waals surface area (Å²) in [5.41, 5.74) is 3.95. The van der Waals surface area contributed by atoms with Crippen molar-refractivity contribution < 1.29 is 9.53 Å². The minimum atomic E-state index is -0.0947. The van der Waals surface area contributed by atoms with Crippen LogP contribution in [0, 0.1) is 0 Å². The van der Waals surface area contributed by atoms with E-state index in [0.29, 0.717) is 18.3 Å². The number of hydrogen-bond donors (Lipinski definition) is 2. The number of nitrogens with one attached hydrogen (secondary N) is 2. The Morgan fingerprint density at radius 2 is 2.00 bits per heavy atom. The molecule has 144 valence electrons. The normalized spacial score (nSPS) is 11.4. The average Bonchev–Trinajstić information content (AvgIpc) is 3.29. The predicted octanol–water partition coefficient (Wildman–Crippen LogP) is 4.68. The second kappa shape index (κ2) is 7.43. The molecule has 0 atom stereocenters. The van der Waals surface area contributed by atoms with Gasteiger partial charge >= 0.3 is 0 Å². The van der Waals surface area contributed by atoms with Crippen LogP contribution in [0.4, 0.5) is 0 Å². The first-order valence-electron chi connectivity index (χ1n) is 9.60. The Morgan fingerprint density at radius 3 is 2.79 bits per heavy atom. The molecule has 1 amide bonds. The third-order valence-electron chi connectivity index (χ3n) is 5.13. The van der Waals surface area contributed by atoms with Crippen molar-refractivity contribution in [1.82, 2.24) is 14.9 Å². The molecule has 0 saturated heterocycles. The minimum absolute atomic E-state index is 0.0947. The molecule has 5 nitrogen and oxygen atoms in total. The molecule has 0 aliphatic rings. The van der Waals surface area contributed by atoms with Crippen molar-refractivity contribution in [3.8, 4) is 5.75 Å². The van der Waals surface area contributed by atoms with E-state index in [1.807, 2.05) is 24.3 Å². The lowest BCUT2D eigenvalue weighted by molar-refractivity contribution is 0.0950. The minimum Gasteiger partial charge on any atom is -0.497 e. The third-order valence-corrected chi connectivity index (χ3v) is 5.13. The Balaban J connectivity index is 1.47. The van der Waals surface area contributed by atoms with Gasteiger partial charge in [0.15, 0.2) is 0 Å². The van der Waals surface area contributed by atoms with Crippen LogP contribution in [-0.4, -0.2) is 29.1 Å². The van der Waals surface area contributed by atoms with Crippen LogP contribution >= 0.6 is 0 Å². The average molecular weight is 375 g/mol. The summed E-state index contributed by atoms with van der Waals surface area (Å²) >= 11 is 0. The fourth-order valence-corrected chi connectivity index (χ4v) is 3.67. The van der Waals surface area contributed by atoms with Gasteiger partial charge in [-0.15, -0.1) is 0 Å². The second-order valence-corrected chi connectivity index (χ2v) is 7.31. The molecule has 0 spiro atoms. The summed E-state index contributed by atoms with van der Waals surface area (Å²) in [5.74, 6) is 0.672. The van der Waals surface area contributed by atoms with Crippen molar-refractivity contribution >= 4 is 27.7 Å². The van der Waals surface area contributed by atoms with E-state index in [4.69, 9.17) is 4.74 Å². The highest BCUT2D eigenvalue weighted by molar-refractivity contribution is 5.98. The molecule has 0 aliphatic carbocycles. The highest BCUT2D eigenvalue weighted by Gasteiger charge is 2.12. The lowest BCUT2D eigenvalue weighted by Crippen LogP contribution is -2.25. The molecule has 0 radical (unpaired) electrons. The van der Waals surface area contributed by atoms with Gasteiger partial charge in [0.25, 0.3) is 5.91 Å². The quantitative estimate of drug-likeness (QED) is 0.514. The van der Waals surface area contributed by atoms with Crippen LogP contribution in [0.15, 0.2) is 54.7 Å². The fourth-order valence-electron chi connectivity index (χ4n) is 3.67. The van der Waals surface area contributed by atoms with Crippen LogP contribution in [0.1, 0.15) is 35.9 Å². The molecule has 5 heteroatoms. The Hall–Kier alpha value is -3.21. The van der Waals surface area contributed by atoms with Gasteiger partial charge in [-0.05, 0) is 50.1 Å². The number of fused-ring (bicyclic) bond motifs is 2. The van der Waals surface area contributed by atoms with E-state index in [2.05, 4.69) is 59.2 Å². The van der Waals surface area contributed by atoms with Crippen LogP contribution in [0.3, 0.4) is 0 Å². The van der Waals surface area contributed by atoms with Crippen molar-refractivity contribution in [2.24, 2.45) is 0 Å². The first kappa shape index (κ1) is 18.2. The molecule has 2 heterocycles. The Labute approximate surface area is 164 Å². The van der Waals surface area contributed by atoms with Gasteiger partial charge in [-0.3, -0.25) is 4.79 Å². The summed E-state index contributed by atoms with van der Waals surface area (Å²) in [6.45, 7) is 4.95. The number of amides is 1.